The lowest BCUT2D eigenvalue weighted by molar-refractivity contribution is 0.111. The monoisotopic (exact) mass is 371 g/mol. The highest BCUT2D eigenvalue weighted by atomic mass is 32.2. The van der Waals surface area contributed by atoms with Crippen molar-refractivity contribution >= 4 is 11.8 Å². The summed E-state index contributed by atoms with van der Waals surface area (Å²) in [4.78, 5) is 11.0. The van der Waals surface area contributed by atoms with E-state index < -0.39 is 0 Å². The number of hydrazine groups is 1. The molecular weight excluding hydrogens is 346 g/mol. The second kappa shape index (κ2) is 7.31. The van der Waals surface area contributed by atoms with E-state index in [1.54, 1.807) is 12.4 Å². The SMILES string of the molecule is c1cnc(Sc2ccc(CN3CCC4NNC(C5CCC5)C4C3)o2)nc1. The van der Waals surface area contributed by atoms with Crippen LogP contribution in [0.15, 0.2) is 45.3 Å². The van der Waals surface area contributed by atoms with Crippen molar-refractivity contribution in [3.63, 3.8) is 0 Å². The lowest BCUT2D eigenvalue weighted by Gasteiger charge is -2.40. The quantitative estimate of drug-likeness (QED) is 0.783. The van der Waals surface area contributed by atoms with E-state index in [0.29, 0.717) is 12.1 Å². The molecule has 2 aliphatic heterocycles. The van der Waals surface area contributed by atoms with Crippen LogP contribution < -0.4 is 10.9 Å². The highest BCUT2D eigenvalue weighted by molar-refractivity contribution is 7.99. The predicted molar refractivity (Wildman–Crippen MR) is 99.4 cm³/mol. The average Bonchev–Trinajstić information content (AvgIpc) is 3.22. The van der Waals surface area contributed by atoms with E-state index in [4.69, 9.17) is 4.42 Å². The Bertz CT molecular complexity index is 735. The van der Waals surface area contributed by atoms with Crippen molar-refractivity contribution in [2.45, 2.75) is 54.6 Å². The first-order valence-electron chi connectivity index (χ1n) is 9.62. The summed E-state index contributed by atoms with van der Waals surface area (Å²) < 4.78 is 6.02. The van der Waals surface area contributed by atoms with Gasteiger partial charge in [0, 0.05) is 43.5 Å². The van der Waals surface area contributed by atoms with Gasteiger partial charge >= 0.3 is 0 Å². The zero-order valence-corrected chi connectivity index (χ0v) is 15.6. The Hall–Kier alpha value is -1.41. The minimum absolute atomic E-state index is 0.634. The summed E-state index contributed by atoms with van der Waals surface area (Å²) in [5.41, 5.74) is 7.16. The molecule has 2 N–H and O–H groups in total. The summed E-state index contributed by atoms with van der Waals surface area (Å²) in [6.07, 6.45) is 8.91. The van der Waals surface area contributed by atoms with Crippen LogP contribution in [0.4, 0.5) is 0 Å². The number of aromatic nitrogens is 2. The molecule has 0 bridgehead atoms. The summed E-state index contributed by atoms with van der Waals surface area (Å²) in [6, 6.07) is 7.22. The van der Waals surface area contributed by atoms with Crippen LogP contribution in [0.5, 0.6) is 0 Å². The third-order valence-electron chi connectivity index (χ3n) is 6.05. The number of likely N-dealkylation sites (tertiary alicyclic amines) is 1. The first-order valence-corrected chi connectivity index (χ1v) is 10.4. The Balaban J connectivity index is 1.20. The van der Waals surface area contributed by atoms with Gasteiger partial charge in [-0.2, -0.15) is 0 Å². The van der Waals surface area contributed by atoms with Crippen LogP contribution in [-0.2, 0) is 6.54 Å². The van der Waals surface area contributed by atoms with Crippen LogP contribution in [0.3, 0.4) is 0 Å². The molecule has 0 aromatic carbocycles. The van der Waals surface area contributed by atoms with Gasteiger partial charge in [-0.05, 0) is 55.1 Å². The molecule has 0 radical (unpaired) electrons. The second-order valence-electron chi connectivity index (χ2n) is 7.65. The molecule has 6 nitrogen and oxygen atoms in total. The molecule has 138 valence electrons. The smallest absolute Gasteiger partial charge is 0.195 e. The molecule has 3 atom stereocenters. The third-order valence-corrected chi connectivity index (χ3v) is 6.86. The Morgan fingerprint density at radius 2 is 2.04 bits per heavy atom. The Kier molecular flexibility index (Phi) is 4.70. The lowest BCUT2D eigenvalue weighted by atomic mass is 9.73. The molecule has 4 heterocycles. The predicted octanol–water partition coefficient (Wildman–Crippen LogP) is 2.69. The number of furan rings is 1. The summed E-state index contributed by atoms with van der Waals surface area (Å²) in [6.45, 7) is 3.16. The van der Waals surface area contributed by atoms with Gasteiger partial charge in [0.25, 0.3) is 0 Å². The number of hydrogen-bond acceptors (Lipinski definition) is 7. The topological polar surface area (TPSA) is 66.2 Å². The van der Waals surface area contributed by atoms with E-state index in [2.05, 4.69) is 31.8 Å². The molecular formula is C19H25N5OS. The number of rotatable bonds is 5. The molecule has 2 aromatic heterocycles. The van der Waals surface area contributed by atoms with Crippen molar-refractivity contribution in [3.05, 3.63) is 36.4 Å². The average molecular weight is 372 g/mol. The Morgan fingerprint density at radius 3 is 2.85 bits per heavy atom. The van der Waals surface area contributed by atoms with Crippen molar-refractivity contribution in [1.29, 1.82) is 0 Å². The highest BCUT2D eigenvalue weighted by Crippen LogP contribution is 2.38. The lowest BCUT2D eigenvalue weighted by Crippen LogP contribution is -2.48. The number of fused-ring (bicyclic) bond motifs is 1. The Labute approximate surface area is 158 Å². The number of nitrogens with one attached hydrogen (secondary N) is 2. The summed E-state index contributed by atoms with van der Waals surface area (Å²) in [5.74, 6) is 2.62. The molecule has 2 aromatic rings. The first kappa shape index (κ1) is 16.7. The van der Waals surface area contributed by atoms with Crippen LogP contribution in [-0.4, -0.2) is 40.0 Å². The van der Waals surface area contributed by atoms with Gasteiger partial charge in [-0.25, -0.2) is 9.97 Å². The molecule has 0 amide bonds. The highest BCUT2D eigenvalue weighted by Gasteiger charge is 2.44. The zero-order valence-electron chi connectivity index (χ0n) is 14.8. The van der Waals surface area contributed by atoms with Gasteiger partial charge in [-0.15, -0.1) is 0 Å². The molecule has 1 aliphatic carbocycles. The van der Waals surface area contributed by atoms with Crippen LogP contribution in [0.2, 0.25) is 0 Å². The maximum atomic E-state index is 6.02. The number of piperidine rings is 1. The molecule has 3 aliphatic rings. The fraction of sp³-hybridized carbons (Fsp3) is 0.579. The molecule has 7 heteroatoms. The molecule has 3 unspecified atom stereocenters. The van der Waals surface area contributed by atoms with Gasteiger partial charge in [-0.3, -0.25) is 15.8 Å². The summed E-state index contributed by atoms with van der Waals surface area (Å²) in [7, 11) is 0. The van der Waals surface area contributed by atoms with Gasteiger partial charge in [0.1, 0.15) is 5.76 Å². The van der Waals surface area contributed by atoms with Crippen LogP contribution in [0, 0.1) is 11.8 Å². The van der Waals surface area contributed by atoms with Crippen molar-refractivity contribution in [3.8, 4) is 0 Å². The normalized spacial score (nSPS) is 29.5. The van der Waals surface area contributed by atoms with E-state index in [1.165, 1.54) is 37.4 Å². The minimum Gasteiger partial charge on any atom is -0.453 e. The van der Waals surface area contributed by atoms with E-state index >= 15 is 0 Å². The fourth-order valence-corrected chi connectivity index (χ4v) is 5.15. The van der Waals surface area contributed by atoms with Crippen molar-refractivity contribution < 1.29 is 4.42 Å². The fourth-order valence-electron chi connectivity index (χ4n) is 4.46. The standard InChI is InChI=1S/C19H25N5OS/c1-3-13(4-1)18-15-12-24(10-7-16(15)22-23-18)11-14-5-6-17(25-14)26-19-20-8-2-9-21-19/h2,5-6,8-9,13,15-16,18,22-23H,1,3-4,7,10-12H2. The maximum Gasteiger partial charge on any atom is 0.195 e. The van der Waals surface area contributed by atoms with Gasteiger partial charge < -0.3 is 4.42 Å². The number of nitrogens with zero attached hydrogens (tertiary/aromatic N) is 3. The molecule has 26 heavy (non-hydrogen) atoms. The van der Waals surface area contributed by atoms with Crippen molar-refractivity contribution in [2.75, 3.05) is 13.1 Å². The Morgan fingerprint density at radius 1 is 1.15 bits per heavy atom. The van der Waals surface area contributed by atoms with Crippen molar-refractivity contribution in [1.82, 2.24) is 25.7 Å². The van der Waals surface area contributed by atoms with Crippen LogP contribution in [0.1, 0.15) is 31.4 Å². The van der Waals surface area contributed by atoms with Crippen LogP contribution in [0.25, 0.3) is 0 Å². The third kappa shape index (κ3) is 3.41. The van der Waals surface area contributed by atoms with Gasteiger partial charge in [0.05, 0.1) is 6.54 Å². The zero-order chi connectivity index (χ0) is 17.3. The van der Waals surface area contributed by atoms with Gasteiger partial charge in [0.2, 0.25) is 0 Å². The molecule has 0 spiro atoms. The van der Waals surface area contributed by atoms with E-state index in [-0.39, 0.29) is 0 Å². The van der Waals surface area contributed by atoms with Crippen molar-refractivity contribution in [2.24, 2.45) is 11.8 Å². The summed E-state index contributed by atoms with van der Waals surface area (Å²) >= 11 is 1.47. The minimum atomic E-state index is 0.634. The molecule has 1 saturated carbocycles. The van der Waals surface area contributed by atoms with E-state index in [0.717, 1.165) is 47.5 Å². The van der Waals surface area contributed by atoms with E-state index in [1.807, 2.05) is 12.1 Å². The second-order valence-corrected chi connectivity index (χ2v) is 8.63. The van der Waals surface area contributed by atoms with Crippen LogP contribution >= 0.6 is 11.8 Å². The largest absolute Gasteiger partial charge is 0.453 e. The van der Waals surface area contributed by atoms with Gasteiger partial charge in [-0.1, -0.05) is 6.42 Å². The molecule has 3 fully saturated rings. The maximum absolute atomic E-state index is 6.02. The van der Waals surface area contributed by atoms with E-state index in [9.17, 15) is 0 Å². The number of hydrogen-bond donors (Lipinski definition) is 2. The molecule has 5 rings (SSSR count). The van der Waals surface area contributed by atoms with Gasteiger partial charge in [0.15, 0.2) is 10.2 Å². The molecule has 2 saturated heterocycles. The first-order chi connectivity index (χ1) is 12.8. The summed E-state index contributed by atoms with van der Waals surface area (Å²) in [5, 5.41) is 1.58.